The van der Waals surface area contributed by atoms with Crippen molar-refractivity contribution in [1.82, 2.24) is 10.6 Å². The third-order valence-electron chi connectivity index (χ3n) is 3.25. The van der Waals surface area contributed by atoms with E-state index in [-0.39, 0.29) is 23.0 Å². The lowest BCUT2D eigenvalue weighted by atomic mass is 10.2. The summed E-state index contributed by atoms with van der Waals surface area (Å²) in [6.07, 6.45) is 0.944. The lowest BCUT2D eigenvalue weighted by molar-refractivity contribution is 0.0693. The van der Waals surface area contributed by atoms with Gasteiger partial charge in [-0.25, -0.2) is 4.79 Å². The van der Waals surface area contributed by atoms with E-state index in [1.165, 1.54) is 17.4 Å². The van der Waals surface area contributed by atoms with Crippen LogP contribution in [0.1, 0.15) is 49.7 Å². The summed E-state index contributed by atoms with van der Waals surface area (Å²) in [5, 5.41) is 16.3. The number of carbonyl (C=O) groups excluding carboxylic acids is 2. The van der Waals surface area contributed by atoms with Crippen LogP contribution in [0.2, 0.25) is 0 Å². The molecule has 0 bridgehead atoms. The second-order valence-corrected chi connectivity index (χ2v) is 5.90. The smallest absolute Gasteiger partial charge is 0.339 e. The Hall–Kier alpha value is -2.61. The first kappa shape index (κ1) is 17.7. The van der Waals surface area contributed by atoms with Crippen molar-refractivity contribution in [3.05, 3.63) is 45.5 Å². The van der Waals surface area contributed by atoms with Crippen LogP contribution in [0.5, 0.6) is 0 Å². The second kappa shape index (κ2) is 8.30. The van der Waals surface area contributed by atoms with Crippen molar-refractivity contribution >= 4 is 29.1 Å². The van der Waals surface area contributed by atoms with E-state index in [9.17, 15) is 14.4 Å². The fourth-order valence-corrected chi connectivity index (χ4v) is 2.70. The quantitative estimate of drug-likeness (QED) is 0.632. The van der Waals surface area contributed by atoms with Crippen molar-refractivity contribution in [2.75, 3.05) is 13.1 Å². The number of aryl methyl sites for hydroxylation is 1. The third-order valence-corrected chi connectivity index (χ3v) is 4.12. The molecule has 0 aliphatic heterocycles. The number of nitrogens with one attached hydrogen (secondary N) is 2. The van der Waals surface area contributed by atoms with E-state index in [1.54, 1.807) is 19.1 Å². The summed E-state index contributed by atoms with van der Waals surface area (Å²) in [6.45, 7) is 2.52. The molecule has 0 aromatic carbocycles. The maximum atomic E-state index is 11.9. The lowest BCUT2D eigenvalue weighted by Crippen LogP contribution is -2.29. The predicted molar refractivity (Wildman–Crippen MR) is 88.6 cm³/mol. The molecule has 8 heteroatoms. The molecular formula is C16H18N2O5S. The molecule has 0 fully saturated rings. The minimum absolute atomic E-state index is 0.00543. The minimum atomic E-state index is -1.12. The largest absolute Gasteiger partial charge is 0.478 e. The molecule has 0 radical (unpaired) electrons. The van der Waals surface area contributed by atoms with E-state index in [0.717, 1.165) is 0 Å². The SMILES string of the molecule is CCc1oc(C(=O)NCCCNC(=O)c2cccs2)cc1C(=O)O. The molecule has 2 rings (SSSR count). The molecule has 24 heavy (non-hydrogen) atoms. The molecule has 0 aliphatic rings. The first-order chi connectivity index (χ1) is 11.5. The van der Waals surface area contributed by atoms with E-state index in [0.29, 0.717) is 30.8 Å². The Morgan fingerprint density at radius 2 is 1.92 bits per heavy atom. The molecule has 128 valence electrons. The average Bonchev–Trinajstić information content (AvgIpc) is 3.23. The highest BCUT2D eigenvalue weighted by Crippen LogP contribution is 2.16. The number of hydrogen-bond acceptors (Lipinski definition) is 5. The summed E-state index contributed by atoms with van der Waals surface area (Å²) >= 11 is 1.36. The second-order valence-electron chi connectivity index (χ2n) is 4.95. The summed E-state index contributed by atoms with van der Waals surface area (Å²) in [4.78, 5) is 35.3. The number of hydrogen-bond donors (Lipinski definition) is 3. The van der Waals surface area contributed by atoms with Gasteiger partial charge in [0.2, 0.25) is 0 Å². The molecule has 0 spiro atoms. The zero-order chi connectivity index (χ0) is 17.5. The molecule has 0 saturated heterocycles. The Morgan fingerprint density at radius 3 is 2.46 bits per heavy atom. The molecule has 0 aliphatic carbocycles. The summed E-state index contributed by atoms with van der Waals surface area (Å²) in [7, 11) is 0. The van der Waals surface area contributed by atoms with Crippen LogP contribution in [-0.2, 0) is 6.42 Å². The van der Waals surface area contributed by atoms with Gasteiger partial charge >= 0.3 is 5.97 Å². The summed E-state index contributed by atoms with van der Waals surface area (Å²) < 4.78 is 5.27. The van der Waals surface area contributed by atoms with E-state index in [1.807, 2.05) is 5.38 Å². The highest BCUT2D eigenvalue weighted by atomic mass is 32.1. The molecular weight excluding hydrogens is 332 g/mol. The maximum absolute atomic E-state index is 11.9. The highest BCUT2D eigenvalue weighted by Gasteiger charge is 2.19. The molecule has 2 amide bonds. The van der Waals surface area contributed by atoms with Gasteiger partial charge in [-0.2, -0.15) is 0 Å². The van der Waals surface area contributed by atoms with Gasteiger partial charge in [-0.05, 0) is 17.9 Å². The normalized spacial score (nSPS) is 10.4. The average molecular weight is 350 g/mol. The predicted octanol–water partition coefficient (Wildman–Crippen LogP) is 2.15. The van der Waals surface area contributed by atoms with E-state index >= 15 is 0 Å². The Bertz CT molecular complexity index is 721. The fraction of sp³-hybridized carbons (Fsp3) is 0.312. The standard InChI is InChI=1S/C16H18N2O5S/c1-2-11-10(16(21)22)9-12(23-11)14(19)17-6-4-7-18-15(20)13-5-3-8-24-13/h3,5,8-9H,2,4,6-7H2,1H3,(H,17,19)(H,18,20)(H,21,22). The Morgan fingerprint density at radius 1 is 1.21 bits per heavy atom. The van der Waals surface area contributed by atoms with Crippen molar-refractivity contribution in [1.29, 1.82) is 0 Å². The first-order valence-corrected chi connectivity index (χ1v) is 8.36. The van der Waals surface area contributed by atoms with Crippen LogP contribution in [0.15, 0.2) is 28.0 Å². The van der Waals surface area contributed by atoms with Gasteiger partial charge < -0.3 is 20.2 Å². The molecule has 2 aromatic rings. The van der Waals surface area contributed by atoms with Crippen LogP contribution in [-0.4, -0.2) is 36.0 Å². The van der Waals surface area contributed by atoms with Crippen molar-refractivity contribution in [2.45, 2.75) is 19.8 Å². The third kappa shape index (κ3) is 4.45. The Kier molecular flexibility index (Phi) is 6.14. The van der Waals surface area contributed by atoms with Gasteiger partial charge in [-0.3, -0.25) is 9.59 Å². The number of carboxylic acid groups (broad SMARTS) is 1. The topological polar surface area (TPSA) is 109 Å². The van der Waals surface area contributed by atoms with E-state index in [2.05, 4.69) is 10.6 Å². The van der Waals surface area contributed by atoms with E-state index in [4.69, 9.17) is 9.52 Å². The molecule has 0 unspecified atom stereocenters. The number of furan rings is 1. The van der Waals surface area contributed by atoms with Crippen LogP contribution in [0, 0.1) is 0 Å². The summed E-state index contributed by atoms with van der Waals surface area (Å²) in [5.74, 6) is -1.48. The van der Waals surface area contributed by atoms with Crippen molar-refractivity contribution in [3.63, 3.8) is 0 Å². The molecule has 3 N–H and O–H groups in total. The number of thiophene rings is 1. The van der Waals surface area contributed by atoms with Crippen molar-refractivity contribution < 1.29 is 23.9 Å². The van der Waals surface area contributed by atoms with Crippen molar-refractivity contribution in [2.24, 2.45) is 0 Å². The number of rotatable bonds is 8. The van der Waals surface area contributed by atoms with Gasteiger partial charge in [0.15, 0.2) is 5.76 Å². The molecule has 2 heterocycles. The summed E-state index contributed by atoms with van der Waals surface area (Å²) in [6, 6.07) is 4.78. The molecule has 0 saturated carbocycles. The number of carbonyl (C=O) groups is 3. The number of carboxylic acids is 1. The van der Waals surface area contributed by atoms with Crippen LogP contribution in [0.25, 0.3) is 0 Å². The Balaban J connectivity index is 1.75. The van der Waals surface area contributed by atoms with Crippen LogP contribution in [0.3, 0.4) is 0 Å². The molecule has 0 atom stereocenters. The van der Waals surface area contributed by atoms with Gasteiger partial charge in [0.25, 0.3) is 11.8 Å². The van der Waals surface area contributed by atoms with Crippen LogP contribution < -0.4 is 10.6 Å². The van der Waals surface area contributed by atoms with Crippen LogP contribution in [0.4, 0.5) is 0 Å². The van der Waals surface area contributed by atoms with Gasteiger partial charge in [0, 0.05) is 25.6 Å². The van der Waals surface area contributed by atoms with Gasteiger partial charge in [-0.15, -0.1) is 11.3 Å². The Labute approximate surface area is 142 Å². The van der Waals surface area contributed by atoms with Crippen LogP contribution >= 0.6 is 11.3 Å². The summed E-state index contributed by atoms with van der Waals surface area (Å²) in [5.41, 5.74) is 0.00543. The molecule has 2 aromatic heterocycles. The van der Waals surface area contributed by atoms with Crippen molar-refractivity contribution in [3.8, 4) is 0 Å². The lowest BCUT2D eigenvalue weighted by Gasteiger charge is -2.05. The monoisotopic (exact) mass is 350 g/mol. The van der Waals surface area contributed by atoms with Gasteiger partial charge in [0.1, 0.15) is 11.3 Å². The van der Waals surface area contributed by atoms with Gasteiger partial charge in [0.05, 0.1) is 4.88 Å². The first-order valence-electron chi connectivity index (χ1n) is 7.48. The van der Waals surface area contributed by atoms with Gasteiger partial charge in [-0.1, -0.05) is 13.0 Å². The number of aromatic carboxylic acids is 1. The minimum Gasteiger partial charge on any atom is -0.478 e. The highest BCUT2D eigenvalue weighted by molar-refractivity contribution is 7.12. The zero-order valence-electron chi connectivity index (χ0n) is 13.1. The fourth-order valence-electron chi connectivity index (χ4n) is 2.06. The number of amides is 2. The van der Waals surface area contributed by atoms with E-state index < -0.39 is 11.9 Å². The molecule has 7 nitrogen and oxygen atoms in total. The maximum Gasteiger partial charge on any atom is 0.339 e. The zero-order valence-corrected chi connectivity index (χ0v) is 13.9.